The summed E-state index contributed by atoms with van der Waals surface area (Å²) in [6.45, 7) is 5.19. The second-order valence-electron chi connectivity index (χ2n) is 4.77. The number of fused-ring (bicyclic) bond motifs is 1. The molecular weight excluding hydrogens is 296 g/mol. The van der Waals surface area contributed by atoms with Crippen molar-refractivity contribution >= 4 is 27.4 Å². The molecule has 0 aliphatic rings. The van der Waals surface area contributed by atoms with Crippen molar-refractivity contribution in [3.05, 3.63) is 47.1 Å². The van der Waals surface area contributed by atoms with E-state index in [1.807, 2.05) is 38.1 Å². The molecule has 6 heteroatoms. The van der Waals surface area contributed by atoms with Gasteiger partial charge in [-0.25, -0.2) is 9.97 Å². The van der Waals surface area contributed by atoms with Gasteiger partial charge in [0.1, 0.15) is 12.1 Å². The number of aryl methyl sites for hydroxylation is 1. The van der Waals surface area contributed by atoms with Crippen molar-refractivity contribution in [2.45, 2.75) is 20.4 Å². The standard InChI is InChI=1S/C16H16N4OS/c1-3-21-13-6-4-12(5-7-13)8-19-20-16-15-14(17-10-18-16)11(2)9-22-15/h4-7,9-10H,3,8H2,1-2H3. The Kier molecular flexibility index (Phi) is 4.39. The van der Waals surface area contributed by atoms with Gasteiger partial charge in [0.2, 0.25) is 0 Å². The molecule has 5 nitrogen and oxygen atoms in total. The number of hydrogen-bond donors (Lipinski definition) is 0. The van der Waals surface area contributed by atoms with E-state index in [0.29, 0.717) is 19.0 Å². The van der Waals surface area contributed by atoms with Gasteiger partial charge in [-0.05, 0) is 42.5 Å². The van der Waals surface area contributed by atoms with Crippen LogP contribution in [0.5, 0.6) is 5.75 Å². The van der Waals surface area contributed by atoms with E-state index in [1.165, 1.54) is 6.33 Å². The molecule has 0 saturated carbocycles. The van der Waals surface area contributed by atoms with Gasteiger partial charge in [-0.1, -0.05) is 12.1 Å². The SMILES string of the molecule is CCOc1ccc(CN=Nc2ncnc3c(C)csc23)cc1. The molecule has 0 amide bonds. The van der Waals surface area contributed by atoms with Crippen molar-refractivity contribution in [3.8, 4) is 5.75 Å². The highest BCUT2D eigenvalue weighted by atomic mass is 32.1. The van der Waals surface area contributed by atoms with Crippen LogP contribution in [0.2, 0.25) is 0 Å². The number of rotatable bonds is 5. The number of azo groups is 1. The number of hydrogen-bond acceptors (Lipinski definition) is 6. The van der Waals surface area contributed by atoms with Crippen molar-refractivity contribution in [2.75, 3.05) is 6.61 Å². The smallest absolute Gasteiger partial charge is 0.195 e. The van der Waals surface area contributed by atoms with Crippen LogP contribution in [0.1, 0.15) is 18.1 Å². The third kappa shape index (κ3) is 3.12. The Hall–Kier alpha value is -2.34. The molecule has 0 N–H and O–H groups in total. The van der Waals surface area contributed by atoms with E-state index in [1.54, 1.807) is 11.3 Å². The lowest BCUT2D eigenvalue weighted by molar-refractivity contribution is 0.340. The summed E-state index contributed by atoms with van der Waals surface area (Å²) in [5.41, 5.74) is 3.18. The fourth-order valence-electron chi connectivity index (χ4n) is 2.07. The summed E-state index contributed by atoms with van der Waals surface area (Å²) in [7, 11) is 0. The zero-order valence-electron chi connectivity index (χ0n) is 12.5. The van der Waals surface area contributed by atoms with E-state index in [9.17, 15) is 0 Å². The van der Waals surface area contributed by atoms with Gasteiger partial charge in [0.05, 0.1) is 23.4 Å². The van der Waals surface area contributed by atoms with Gasteiger partial charge in [0.15, 0.2) is 5.82 Å². The van der Waals surface area contributed by atoms with Crippen molar-refractivity contribution in [1.29, 1.82) is 0 Å². The number of aromatic nitrogens is 2. The van der Waals surface area contributed by atoms with E-state index in [-0.39, 0.29) is 0 Å². The van der Waals surface area contributed by atoms with Crippen molar-refractivity contribution in [3.63, 3.8) is 0 Å². The maximum Gasteiger partial charge on any atom is 0.195 e. The molecule has 22 heavy (non-hydrogen) atoms. The number of thiophene rings is 1. The molecule has 2 heterocycles. The first-order chi connectivity index (χ1) is 10.8. The summed E-state index contributed by atoms with van der Waals surface area (Å²) in [6, 6.07) is 7.88. The minimum absolute atomic E-state index is 0.516. The second-order valence-corrected chi connectivity index (χ2v) is 5.65. The Morgan fingerprint density at radius 2 is 2.00 bits per heavy atom. The first-order valence-corrected chi connectivity index (χ1v) is 7.94. The molecule has 0 bridgehead atoms. The minimum atomic E-state index is 0.516. The summed E-state index contributed by atoms with van der Waals surface area (Å²) in [6.07, 6.45) is 1.54. The molecule has 0 atom stereocenters. The molecule has 1 aromatic carbocycles. The van der Waals surface area contributed by atoms with Crippen LogP contribution in [0.25, 0.3) is 10.2 Å². The minimum Gasteiger partial charge on any atom is -0.494 e. The van der Waals surface area contributed by atoms with Crippen LogP contribution in [-0.2, 0) is 6.54 Å². The average molecular weight is 312 g/mol. The van der Waals surface area contributed by atoms with E-state index in [0.717, 1.165) is 27.1 Å². The largest absolute Gasteiger partial charge is 0.494 e. The first kappa shape index (κ1) is 14.6. The summed E-state index contributed by atoms with van der Waals surface area (Å²) >= 11 is 1.60. The quantitative estimate of drug-likeness (QED) is 0.642. The Labute approximate surface area is 132 Å². The molecule has 2 aromatic heterocycles. The normalized spacial score (nSPS) is 11.4. The van der Waals surface area contributed by atoms with Gasteiger partial charge in [0, 0.05) is 0 Å². The zero-order chi connectivity index (χ0) is 15.4. The Morgan fingerprint density at radius 1 is 1.18 bits per heavy atom. The van der Waals surface area contributed by atoms with Crippen molar-refractivity contribution in [1.82, 2.24) is 9.97 Å². The van der Waals surface area contributed by atoms with E-state index in [4.69, 9.17) is 4.74 Å². The van der Waals surface area contributed by atoms with Crippen LogP contribution in [0, 0.1) is 6.92 Å². The fourth-order valence-corrected chi connectivity index (χ4v) is 3.00. The third-order valence-electron chi connectivity index (χ3n) is 3.17. The Bertz CT molecular complexity index is 796. The van der Waals surface area contributed by atoms with Crippen molar-refractivity contribution in [2.24, 2.45) is 10.2 Å². The monoisotopic (exact) mass is 312 g/mol. The summed E-state index contributed by atoms with van der Waals surface area (Å²) < 4.78 is 6.40. The first-order valence-electron chi connectivity index (χ1n) is 7.06. The van der Waals surface area contributed by atoms with Crippen LogP contribution in [0.15, 0.2) is 46.2 Å². The summed E-state index contributed by atoms with van der Waals surface area (Å²) in [4.78, 5) is 8.49. The molecule has 0 spiro atoms. The van der Waals surface area contributed by atoms with E-state index in [2.05, 4.69) is 25.6 Å². The highest BCUT2D eigenvalue weighted by molar-refractivity contribution is 7.17. The average Bonchev–Trinajstić information content (AvgIpc) is 2.92. The summed E-state index contributed by atoms with van der Waals surface area (Å²) in [5.74, 6) is 1.50. The number of benzene rings is 1. The highest BCUT2D eigenvalue weighted by Crippen LogP contribution is 2.30. The lowest BCUT2D eigenvalue weighted by Gasteiger charge is -2.02. The molecule has 0 saturated heterocycles. The molecule has 0 fully saturated rings. The molecule has 3 aromatic rings. The molecular formula is C16H16N4OS. The molecule has 112 valence electrons. The number of nitrogens with zero attached hydrogens (tertiary/aromatic N) is 4. The summed E-state index contributed by atoms with van der Waals surface area (Å²) in [5, 5.41) is 10.6. The lowest BCUT2D eigenvalue weighted by Crippen LogP contribution is -1.91. The Morgan fingerprint density at radius 3 is 2.77 bits per heavy atom. The third-order valence-corrected chi connectivity index (χ3v) is 4.25. The van der Waals surface area contributed by atoms with Crippen molar-refractivity contribution < 1.29 is 4.74 Å². The second kappa shape index (κ2) is 6.62. The highest BCUT2D eigenvalue weighted by Gasteiger charge is 2.07. The van der Waals surface area contributed by atoms with Gasteiger partial charge >= 0.3 is 0 Å². The predicted molar refractivity (Wildman–Crippen MR) is 88.0 cm³/mol. The maximum absolute atomic E-state index is 5.42. The van der Waals surface area contributed by atoms with Gasteiger partial charge in [-0.15, -0.1) is 16.5 Å². The van der Waals surface area contributed by atoms with Gasteiger partial charge in [-0.2, -0.15) is 5.11 Å². The van der Waals surface area contributed by atoms with E-state index < -0.39 is 0 Å². The van der Waals surface area contributed by atoms with E-state index >= 15 is 0 Å². The zero-order valence-corrected chi connectivity index (χ0v) is 13.3. The van der Waals surface area contributed by atoms with Gasteiger partial charge in [0.25, 0.3) is 0 Å². The number of ether oxygens (including phenoxy) is 1. The van der Waals surface area contributed by atoms with Gasteiger partial charge in [-0.3, -0.25) is 0 Å². The molecule has 0 aliphatic carbocycles. The molecule has 3 rings (SSSR count). The van der Waals surface area contributed by atoms with Gasteiger partial charge < -0.3 is 4.74 Å². The van der Waals surface area contributed by atoms with Crippen LogP contribution < -0.4 is 4.74 Å². The maximum atomic E-state index is 5.42. The Balaban J connectivity index is 1.73. The van der Waals surface area contributed by atoms with Crippen LogP contribution in [0.3, 0.4) is 0 Å². The molecule has 0 unspecified atom stereocenters. The van der Waals surface area contributed by atoms with Crippen LogP contribution in [0.4, 0.5) is 5.82 Å². The van der Waals surface area contributed by atoms with Crippen LogP contribution in [-0.4, -0.2) is 16.6 Å². The van der Waals surface area contributed by atoms with Crippen LogP contribution >= 0.6 is 11.3 Å². The molecule has 0 aliphatic heterocycles. The lowest BCUT2D eigenvalue weighted by atomic mass is 10.2. The fraction of sp³-hybridized carbons (Fsp3) is 0.250. The topological polar surface area (TPSA) is 59.7 Å². The predicted octanol–water partition coefficient (Wildman–Crippen LogP) is 4.68. The molecule has 0 radical (unpaired) electrons.